The van der Waals surface area contributed by atoms with Crippen LogP contribution in [0.4, 0.5) is 0 Å². The SMILES string of the molecule is O=C(O)c1ccccc1Sc1ncncc1Cl. The van der Waals surface area contributed by atoms with Crippen molar-refractivity contribution in [2.45, 2.75) is 9.92 Å². The van der Waals surface area contributed by atoms with Gasteiger partial charge in [0.1, 0.15) is 11.4 Å². The molecule has 1 N–H and O–H groups in total. The second-order valence-corrected chi connectivity index (χ2v) is 4.52. The van der Waals surface area contributed by atoms with Gasteiger partial charge in [-0.25, -0.2) is 14.8 Å². The number of carbonyl (C=O) groups is 1. The first kappa shape index (κ1) is 11.9. The molecule has 0 radical (unpaired) electrons. The summed E-state index contributed by atoms with van der Waals surface area (Å²) in [6, 6.07) is 6.70. The van der Waals surface area contributed by atoms with Crippen molar-refractivity contribution in [3.05, 3.63) is 47.4 Å². The highest BCUT2D eigenvalue weighted by molar-refractivity contribution is 7.99. The van der Waals surface area contributed by atoms with Gasteiger partial charge in [0.25, 0.3) is 0 Å². The number of aromatic carboxylic acids is 1. The largest absolute Gasteiger partial charge is 0.478 e. The molecule has 0 atom stereocenters. The third-order valence-electron chi connectivity index (χ3n) is 1.96. The predicted molar refractivity (Wildman–Crippen MR) is 64.6 cm³/mol. The Labute approximate surface area is 107 Å². The van der Waals surface area contributed by atoms with E-state index in [0.29, 0.717) is 14.9 Å². The smallest absolute Gasteiger partial charge is 0.336 e. The van der Waals surface area contributed by atoms with Gasteiger partial charge >= 0.3 is 5.97 Å². The van der Waals surface area contributed by atoms with E-state index in [4.69, 9.17) is 16.7 Å². The van der Waals surface area contributed by atoms with E-state index in [2.05, 4.69) is 9.97 Å². The third kappa shape index (κ3) is 2.75. The molecule has 2 aromatic rings. The number of nitrogens with zero attached hydrogens (tertiary/aromatic N) is 2. The van der Waals surface area contributed by atoms with Gasteiger partial charge < -0.3 is 5.11 Å². The molecule has 0 amide bonds. The van der Waals surface area contributed by atoms with Gasteiger partial charge in [-0.15, -0.1) is 0 Å². The molecule has 0 bridgehead atoms. The lowest BCUT2D eigenvalue weighted by atomic mass is 10.2. The quantitative estimate of drug-likeness (QED) is 0.866. The van der Waals surface area contributed by atoms with Crippen LogP contribution in [0.1, 0.15) is 10.4 Å². The standard InChI is InChI=1S/C11H7ClN2O2S/c12-8-5-13-6-14-10(8)17-9-4-2-1-3-7(9)11(15)16/h1-6H,(H,15,16). The minimum atomic E-state index is -0.974. The molecule has 0 spiro atoms. The van der Waals surface area contributed by atoms with Crippen LogP contribution in [-0.2, 0) is 0 Å². The molecule has 4 nitrogen and oxygen atoms in total. The number of hydrogen-bond acceptors (Lipinski definition) is 4. The first-order valence-corrected chi connectivity index (χ1v) is 5.83. The molecule has 0 unspecified atom stereocenters. The average molecular weight is 267 g/mol. The Morgan fingerprint density at radius 1 is 1.35 bits per heavy atom. The lowest BCUT2D eigenvalue weighted by Gasteiger charge is -2.05. The molecule has 0 saturated carbocycles. The Bertz CT molecular complexity index is 563. The van der Waals surface area contributed by atoms with Gasteiger partial charge in [0, 0.05) is 4.90 Å². The lowest BCUT2D eigenvalue weighted by molar-refractivity contribution is 0.0693. The molecular formula is C11H7ClN2O2S. The average Bonchev–Trinajstić information content (AvgIpc) is 2.32. The Morgan fingerprint density at radius 2 is 2.12 bits per heavy atom. The number of halogens is 1. The summed E-state index contributed by atoms with van der Waals surface area (Å²) in [5.74, 6) is -0.974. The Hall–Kier alpha value is -1.59. The fourth-order valence-electron chi connectivity index (χ4n) is 1.21. The van der Waals surface area contributed by atoms with E-state index in [1.165, 1.54) is 24.3 Å². The predicted octanol–water partition coefficient (Wildman–Crippen LogP) is 2.98. The summed E-state index contributed by atoms with van der Waals surface area (Å²) >= 11 is 7.12. The molecule has 6 heteroatoms. The summed E-state index contributed by atoms with van der Waals surface area (Å²) < 4.78 is 0. The van der Waals surface area contributed by atoms with Gasteiger partial charge in [0.2, 0.25) is 0 Å². The Balaban J connectivity index is 2.37. The molecule has 2 rings (SSSR count). The van der Waals surface area contributed by atoms with Gasteiger partial charge in [-0.3, -0.25) is 0 Å². The summed E-state index contributed by atoms with van der Waals surface area (Å²) in [6.45, 7) is 0. The number of carboxylic acids is 1. The van der Waals surface area contributed by atoms with E-state index in [1.54, 1.807) is 24.3 Å². The van der Waals surface area contributed by atoms with Crippen molar-refractivity contribution in [2.75, 3.05) is 0 Å². The van der Waals surface area contributed by atoms with Crippen molar-refractivity contribution in [3.63, 3.8) is 0 Å². The Kier molecular flexibility index (Phi) is 3.61. The van der Waals surface area contributed by atoms with E-state index in [0.717, 1.165) is 0 Å². The topological polar surface area (TPSA) is 63.1 Å². The zero-order chi connectivity index (χ0) is 12.3. The summed E-state index contributed by atoms with van der Waals surface area (Å²) in [5, 5.41) is 9.97. The Morgan fingerprint density at radius 3 is 2.82 bits per heavy atom. The fraction of sp³-hybridized carbons (Fsp3) is 0. The highest BCUT2D eigenvalue weighted by atomic mass is 35.5. The summed E-state index contributed by atoms with van der Waals surface area (Å²) in [7, 11) is 0. The molecule has 0 fully saturated rings. The molecule has 0 aliphatic rings. The molecule has 0 saturated heterocycles. The van der Waals surface area contributed by atoms with Gasteiger partial charge in [0.15, 0.2) is 0 Å². The highest BCUT2D eigenvalue weighted by Crippen LogP contribution is 2.32. The first-order valence-electron chi connectivity index (χ1n) is 4.64. The third-order valence-corrected chi connectivity index (χ3v) is 3.44. The van der Waals surface area contributed by atoms with Crippen LogP contribution in [0.15, 0.2) is 46.7 Å². The van der Waals surface area contributed by atoms with E-state index >= 15 is 0 Å². The van der Waals surface area contributed by atoms with Crippen LogP contribution in [0.2, 0.25) is 5.02 Å². The normalized spacial score (nSPS) is 10.2. The van der Waals surface area contributed by atoms with E-state index in [-0.39, 0.29) is 5.56 Å². The zero-order valence-electron chi connectivity index (χ0n) is 8.50. The first-order chi connectivity index (χ1) is 8.18. The van der Waals surface area contributed by atoms with Gasteiger partial charge in [-0.1, -0.05) is 35.5 Å². The van der Waals surface area contributed by atoms with Crippen molar-refractivity contribution in [1.82, 2.24) is 9.97 Å². The molecule has 0 aliphatic carbocycles. The van der Waals surface area contributed by atoms with Gasteiger partial charge in [-0.2, -0.15) is 0 Å². The van der Waals surface area contributed by atoms with E-state index < -0.39 is 5.97 Å². The highest BCUT2D eigenvalue weighted by Gasteiger charge is 2.12. The molecule has 0 aliphatic heterocycles. The fourth-order valence-corrected chi connectivity index (χ4v) is 2.30. The molecule has 1 aromatic heterocycles. The maximum absolute atomic E-state index is 11.0. The van der Waals surface area contributed by atoms with Crippen molar-refractivity contribution >= 4 is 29.3 Å². The number of aromatic nitrogens is 2. The van der Waals surface area contributed by atoms with Crippen LogP contribution in [-0.4, -0.2) is 21.0 Å². The second kappa shape index (κ2) is 5.16. The maximum Gasteiger partial charge on any atom is 0.336 e. The molecular weight excluding hydrogens is 260 g/mol. The number of benzene rings is 1. The van der Waals surface area contributed by atoms with Crippen molar-refractivity contribution < 1.29 is 9.90 Å². The molecule has 1 heterocycles. The monoisotopic (exact) mass is 266 g/mol. The summed E-state index contributed by atoms with van der Waals surface area (Å²) in [5.41, 5.74) is 0.229. The summed E-state index contributed by atoms with van der Waals surface area (Å²) in [6.07, 6.45) is 2.85. The number of carboxylic acid groups (broad SMARTS) is 1. The van der Waals surface area contributed by atoms with E-state index in [9.17, 15) is 4.79 Å². The van der Waals surface area contributed by atoms with E-state index in [1.807, 2.05) is 0 Å². The van der Waals surface area contributed by atoms with Gasteiger partial charge in [-0.05, 0) is 12.1 Å². The van der Waals surface area contributed by atoms with Crippen molar-refractivity contribution in [3.8, 4) is 0 Å². The van der Waals surface area contributed by atoms with Crippen LogP contribution in [0.3, 0.4) is 0 Å². The zero-order valence-corrected chi connectivity index (χ0v) is 10.1. The van der Waals surface area contributed by atoms with Gasteiger partial charge in [0.05, 0.1) is 16.8 Å². The molecule has 1 aromatic carbocycles. The van der Waals surface area contributed by atoms with Crippen LogP contribution < -0.4 is 0 Å². The van der Waals surface area contributed by atoms with Crippen molar-refractivity contribution in [1.29, 1.82) is 0 Å². The van der Waals surface area contributed by atoms with Crippen molar-refractivity contribution in [2.24, 2.45) is 0 Å². The number of hydrogen-bond donors (Lipinski definition) is 1. The molecule has 86 valence electrons. The van der Waals surface area contributed by atoms with Crippen LogP contribution in [0.25, 0.3) is 0 Å². The summed E-state index contributed by atoms with van der Waals surface area (Å²) in [4.78, 5) is 19.4. The van der Waals surface area contributed by atoms with Crippen LogP contribution >= 0.6 is 23.4 Å². The minimum absolute atomic E-state index is 0.229. The number of rotatable bonds is 3. The van der Waals surface area contributed by atoms with Crippen LogP contribution in [0, 0.1) is 0 Å². The minimum Gasteiger partial charge on any atom is -0.478 e. The second-order valence-electron chi connectivity index (χ2n) is 3.08. The molecule has 17 heavy (non-hydrogen) atoms. The maximum atomic E-state index is 11.0. The lowest BCUT2D eigenvalue weighted by Crippen LogP contribution is -1.98. The van der Waals surface area contributed by atoms with Crippen LogP contribution in [0.5, 0.6) is 0 Å².